The summed E-state index contributed by atoms with van der Waals surface area (Å²) in [5, 5.41) is 9.13. The van der Waals surface area contributed by atoms with Crippen LogP contribution in [0.25, 0.3) is 0 Å². The van der Waals surface area contributed by atoms with Crippen LogP contribution >= 0.6 is 15.9 Å². The molecule has 0 aliphatic carbocycles. The van der Waals surface area contributed by atoms with Gasteiger partial charge in [0.15, 0.2) is 9.84 Å². The van der Waals surface area contributed by atoms with E-state index in [9.17, 15) is 13.2 Å². The Hall–Kier alpha value is -0.920. The molecule has 1 heterocycles. The van der Waals surface area contributed by atoms with Gasteiger partial charge < -0.3 is 9.84 Å². The molecule has 1 aliphatic heterocycles. The molecule has 0 amide bonds. The van der Waals surface area contributed by atoms with E-state index in [1.54, 1.807) is 0 Å². The minimum Gasteiger partial charge on any atom is -0.478 e. The van der Waals surface area contributed by atoms with E-state index in [0.717, 1.165) is 0 Å². The zero-order valence-corrected chi connectivity index (χ0v) is 13.1. The number of ether oxygens (including phenoxy) is 1. The van der Waals surface area contributed by atoms with Crippen LogP contribution in [0.1, 0.15) is 23.2 Å². The average molecular weight is 363 g/mol. The van der Waals surface area contributed by atoms with Crippen molar-refractivity contribution in [2.24, 2.45) is 5.92 Å². The Bertz CT molecular complexity index is 605. The number of carboxylic acids is 1. The number of hydrogen-bond donors (Lipinski definition) is 1. The molecule has 0 aromatic heterocycles. The molecule has 5 nitrogen and oxygen atoms in total. The maximum atomic E-state index is 12.5. The van der Waals surface area contributed by atoms with Gasteiger partial charge in [-0.2, -0.15) is 0 Å². The lowest BCUT2D eigenvalue weighted by Gasteiger charge is -2.22. The maximum Gasteiger partial charge on any atom is 0.337 e. The van der Waals surface area contributed by atoms with Crippen LogP contribution in [0.3, 0.4) is 0 Å². The largest absolute Gasteiger partial charge is 0.478 e. The van der Waals surface area contributed by atoms with Gasteiger partial charge in [-0.3, -0.25) is 0 Å². The van der Waals surface area contributed by atoms with Gasteiger partial charge in [-0.25, -0.2) is 13.2 Å². The van der Waals surface area contributed by atoms with Gasteiger partial charge in [0.25, 0.3) is 0 Å². The predicted molar refractivity (Wildman–Crippen MR) is 76.7 cm³/mol. The van der Waals surface area contributed by atoms with Crippen molar-refractivity contribution in [3.63, 3.8) is 0 Å². The van der Waals surface area contributed by atoms with Crippen molar-refractivity contribution in [3.8, 4) is 0 Å². The average Bonchev–Trinajstić information content (AvgIpc) is 2.39. The Labute approximate surface area is 126 Å². The van der Waals surface area contributed by atoms with Gasteiger partial charge in [0.1, 0.15) is 0 Å². The minimum absolute atomic E-state index is 0.0226. The zero-order chi connectivity index (χ0) is 14.8. The van der Waals surface area contributed by atoms with Crippen LogP contribution in [-0.2, 0) is 14.6 Å². The first-order chi connectivity index (χ1) is 9.40. The molecule has 2 rings (SSSR count). The zero-order valence-electron chi connectivity index (χ0n) is 10.7. The van der Waals surface area contributed by atoms with E-state index in [1.807, 2.05) is 0 Å². The summed E-state index contributed by atoms with van der Waals surface area (Å²) in [7, 11) is -3.62. The summed E-state index contributed by atoms with van der Waals surface area (Å²) in [6, 6.07) is 4.19. The lowest BCUT2D eigenvalue weighted by molar-refractivity contribution is 0.0690. The molecule has 0 bridgehead atoms. The van der Waals surface area contributed by atoms with Gasteiger partial charge in [-0.1, -0.05) is 15.9 Å². The van der Waals surface area contributed by atoms with Crippen LogP contribution in [0.4, 0.5) is 0 Å². The molecule has 0 radical (unpaired) electrons. The molecule has 0 spiro atoms. The van der Waals surface area contributed by atoms with E-state index in [-0.39, 0.29) is 22.1 Å². The van der Waals surface area contributed by atoms with E-state index in [4.69, 9.17) is 9.84 Å². The van der Waals surface area contributed by atoms with Crippen LogP contribution < -0.4 is 0 Å². The smallest absolute Gasteiger partial charge is 0.337 e. The van der Waals surface area contributed by atoms with Gasteiger partial charge in [-0.05, 0) is 37.0 Å². The molecule has 7 heteroatoms. The molecule has 1 aromatic carbocycles. The summed E-state index contributed by atoms with van der Waals surface area (Å²) in [4.78, 5) is 11.1. The summed E-state index contributed by atoms with van der Waals surface area (Å²) < 4.78 is 30.7. The van der Waals surface area contributed by atoms with Gasteiger partial charge in [0, 0.05) is 17.7 Å². The topological polar surface area (TPSA) is 80.7 Å². The fourth-order valence-electron chi connectivity index (χ4n) is 2.24. The molecule has 20 heavy (non-hydrogen) atoms. The third-order valence-electron chi connectivity index (χ3n) is 3.31. The lowest BCUT2D eigenvalue weighted by atomic mass is 10.0. The van der Waals surface area contributed by atoms with Crippen LogP contribution in [0.5, 0.6) is 0 Å². The SMILES string of the molecule is O=C(O)c1ccc(Br)cc1S(=O)(=O)CC1CCOCC1. The molecule has 0 saturated carbocycles. The van der Waals surface area contributed by atoms with Crippen molar-refractivity contribution < 1.29 is 23.1 Å². The predicted octanol–water partition coefficient (Wildman–Crippen LogP) is 2.35. The number of halogens is 1. The molecule has 1 N–H and O–H groups in total. The molecule has 1 aliphatic rings. The van der Waals surface area contributed by atoms with E-state index in [2.05, 4.69) is 15.9 Å². The number of sulfone groups is 1. The number of carbonyl (C=O) groups is 1. The number of hydrogen-bond acceptors (Lipinski definition) is 4. The molecule has 1 saturated heterocycles. The maximum absolute atomic E-state index is 12.5. The Morgan fingerprint density at radius 1 is 1.35 bits per heavy atom. The Morgan fingerprint density at radius 3 is 2.60 bits per heavy atom. The first-order valence-corrected chi connectivity index (χ1v) is 8.68. The van der Waals surface area contributed by atoms with E-state index < -0.39 is 15.8 Å². The van der Waals surface area contributed by atoms with E-state index >= 15 is 0 Å². The molecule has 110 valence electrons. The second kappa shape index (κ2) is 6.24. The molecular formula is C13H15BrO5S. The number of rotatable bonds is 4. The number of carboxylic acid groups (broad SMARTS) is 1. The van der Waals surface area contributed by atoms with Crippen molar-refractivity contribution in [2.75, 3.05) is 19.0 Å². The fraction of sp³-hybridized carbons (Fsp3) is 0.462. The Balaban J connectivity index is 2.32. The summed E-state index contributed by atoms with van der Waals surface area (Å²) in [5.41, 5.74) is -0.180. The quantitative estimate of drug-likeness (QED) is 0.888. The second-order valence-corrected chi connectivity index (χ2v) is 7.70. The summed E-state index contributed by atoms with van der Waals surface area (Å²) in [6.45, 7) is 1.12. The highest BCUT2D eigenvalue weighted by Crippen LogP contribution is 2.26. The van der Waals surface area contributed by atoms with Crippen molar-refractivity contribution in [3.05, 3.63) is 28.2 Å². The third-order valence-corrected chi connectivity index (χ3v) is 5.72. The van der Waals surface area contributed by atoms with Gasteiger partial charge >= 0.3 is 5.97 Å². The fourth-order valence-corrected chi connectivity index (χ4v) is 4.69. The Kier molecular flexibility index (Phi) is 4.82. The summed E-state index contributed by atoms with van der Waals surface area (Å²) >= 11 is 3.19. The van der Waals surface area contributed by atoms with Crippen molar-refractivity contribution in [1.29, 1.82) is 0 Å². The minimum atomic E-state index is -3.62. The van der Waals surface area contributed by atoms with Crippen LogP contribution in [0.2, 0.25) is 0 Å². The van der Waals surface area contributed by atoms with Gasteiger partial charge in [0.2, 0.25) is 0 Å². The summed E-state index contributed by atoms with van der Waals surface area (Å²) in [6.07, 6.45) is 1.38. The highest BCUT2D eigenvalue weighted by Gasteiger charge is 2.27. The molecule has 1 aromatic rings. The van der Waals surface area contributed by atoms with Crippen molar-refractivity contribution in [1.82, 2.24) is 0 Å². The first kappa shape index (κ1) is 15.5. The Morgan fingerprint density at radius 2 is 2.00 bits per heavy atom. The molecule has 0 atom stereocenters. The monoisotopic (exact) mass is 362 g/mol. The van der Waals surface area contributed by atoms with Gasteiger partial charge in [0.05, 0.1) is 16.2 Å². The first-order valence-electron chi connectivity index (χ1n) is 6.23. The van der Waals surface area contributed by atoms with Crippen LogP contribution in [0, 0.1) is 5.92 Å². The van der Waals surface area contributed by atoms with E-state index in [0.29, 0.717) is 30.5 Å². The standard InChI is InChI=1S/C13H15BrO5S/c14-10-1-2-11(13(15)16)12(7-10)20(17,18)8-9-3-5-19-6-4-9/h1-2,7,9H,3-6,8H2,(H,15,16). The molecular weight excluding hydrogens is 348 g/mol. The summed E-state index contributed by atoms with van der Waals surface area (Å²) in [5.74, 6) is -1.25. The highest BCUT2D eigenvalue weighted by molar-refractivity contribution is 9.10. The van der Waals surface area contributed by atoms with Crippen LogP contribution in [-0.4, -0.2) is 38.5 Å². The highest BCUT2D eigenvalue weighted by atomic mass is 79.9. The molecule has 0 unspecified atom stereocenters. The lowest BCUT2D eigenvalue weighted by Crippen LogP contribution is -2.24. The van der Waals surface area contributed by atoms with Crippen molar-refractivity contribution >= 4 is 31.7 Å². The van der Waals surface area contributed by atoms with Gasteiger partial charge in [-0.15, -0.1) is 0 Å². The van der Waals surface area contributed by atoms with Crippen LogP contribution in [0.15, 0.2) is 27.6 Å². The number of benzene rings is 1. The normalized spacial score (nSPS) is 17.1. The second-order valence-electron chi connectivity index (χ2n) is 4.78. The third kappa shape index (κ3) is 3.59. The molecule has 1 fully saturated rings. The van der Waals surface area contributed by atoms with Crippen molar-refractivity contribution in [2.45, 2.75) is 17.7 Å². The number of aromatic carboxylic acids is 1. The van der Waals surface area contributed by atoms with E-state index in [1.165, 1.54) is 18.2 Å².